The number of ether oxygens (including phenoxy) is 2. The maximum Gasteiger partial charge on any atom is 0.387 e. The van der Waals surface area contributed by atoms with E-state index in [0.717, 1.165) is 19.3 Å². The zero-order valence-electron chi connectivity index (χ0n) is 17.9. The molecule has 0 radical (unpaired) electrons. The minimum absolute atomic E-state index is 0.0422. The largest absolute Gasteiger partial charge is 0.489 e. The molecule has 0 bridgehead atoms. The SMILES string of the molecule is CC(C)Oc1ccc(S(=O)(=O)N2CCCCC2)cc1NC(=O)c1cccc(OC(F)F)c1. The Labute approximate surface area is 186 Å². The predicted molar refractivity (Wildman–Crippen MR) is 116 cm³/mol. The number of rotatable bonds is 8. The van der Waals surface area contributed by atoms with Crippen molar-refractivity contribution < 1.29 is 31.5 Å². The number of carbonyl (C=O) groups excluding carboxylic acids is 1. The third-order valence-corrected chi connectivity index (χ3v) is 6.73. The highest BCUT2D eigenvalue weighted by Gasteiger charge is 2.27. The van der Waals surface area contributed by atoms with Gasteiger partial charge in [0.1, 0.15) is 11.5 Å². The van der Waals surface area contributed by atoms with Crippen LogP contribution in [0.1, 0.15) is 43.5 Å². The van der Waals surface area contributed by atoms with Gasteiger partial charge in [-0.15, -0.1) is 0 Å². The van der Waals surface area contributed by atoms with E-state index in [1.165, 1.54) is 46.8 Å². The molecule has 1 saturated heterocycles. The number of carbonyl (C=O) groups is 1. The van der Waals surface area contributed by atoms with Gasteiger partial charge in [0.15, 0.2) is 0 Å². The molecule has 1 aliphatic rings. The lowest BCUT2D eigenvalue weighted by Crippen LogP contribution is -2.35. The van der Waals surface area contributed by atoms with Crippen LogP contribution in [0, 0.1) is 0 Å². The van der Waals surface area contributed by atoms with Crippen LogP contribution in [0.4, 0.5) is 14.5 Å². The van der Waals surface area contributed by atoms with Crippen LogP contribution in [-0.2, 0) is 10.0 Å². The molecule has 0 unspecified atom stereocenters. The van der Waals surface area contributed by atoms with Crippen molar-refractivity contribution in [2.75, 3.05) is 18.4 Å². The van der Waals surface area contributed by atoms with Gasteiger partial charge in [-0.1, -0.05) is 12.5 Å². The fourth-order valence-corrected chi connectivity index (χ4v) is 4.93. The van der Waals surface area contributed by atoms with E-state index in [-0.39, 0.29) is 28.0 Å². The second-order valence-electron chi connectivity index (χ2n) is 7.65. The van der Waals surface area contributed by atoms with Gasteiger partial charge in [0.2, 0.25) is 10.0 Å². The lowest BCUT2D eigenvalue weighted by atomic mass is 10.2. The maximum atomic E-state index is 13.1. The molecule has 1 fully saturated rings. The van der Waals surface area contributed by atoms with Gasteiger partial charge in [0.25, 0.3) is 5.91 Å². The van der Waals surface area contributed by atoms with Gasteiger partial charge in [-0.2, -0.15) is 13.1 Å². The summed E-state index contributed by atoms with van der Waals surface area (Å²) in [7, 11) is -3.73. The second-order valence-corrected chi connectivity index (χ2v) is 9.59. The van der Waals surface area contributed by atoms with Crippen molar-refractivity contribution in [2.24, 2.45) is 0 Å². The predicted octanol–water partition coefficient (Wildman–Crippen LogP) is 4.50. The van der Waals surface area contributed by atoms with Crippen molar-refractivity contribution in [1.29, 1.82) is 0 Å². The Balaban J connectivity index is 1.91. The van der Waals surface area contributed by atoms with Crippen LogP contribution in [0.2, 0.25) is 0 Å². The number of anilines is 1. The van der Waals surface area contributed by atoms with Gasteiger partial charge in [-0.3, -0.25) is 4.79 Å². The normalized spacial score (nSPS) is 15.1. The topological polar surface area (TPSA) is 84.9 Å². The number of amides is 1. The average molecular weight is 469 g/mol. The summed E-state index contributed by atoms with van der Waals surface area (Å²) in [4.78, 5) is 12.8. The Hall–Kier alpha value is -2.72. The van der Waals surface area contributed by atoms with Gasteiger partial charge < -0.3 is 14.8 Å². The van der Waals surface area contributed by atoms with Gasteiger partial charge in [-0.25, -0.2) is 8.42 Å². The molecule has 2 aromatic carbocycles. The monoisotopic (exact) mass is 468 g/mol. The van der Waals surface area contributed by atoms with E-state index in [1.54, 1.807) is 13.8 Å². The van der Waals surface area contributed by atoms with Crippen molar-refractivity contribution in [3.05, 3.63) is 48.0 Å². The van der Waals surface area contributed by atoms with Crippen molar-refractivity contribution in [3.63, 3.8) is 0 Å². The first-order valence-electron chi connectivity index (χ1n) is 10.3. The van der Waals surface area contributed by atoms with Gasteiger partial charge in [0.05, 0.1) is 16.7 Å². The summed E-state index contributed by atoms with van der Waals surface area (Å²) in [5, 5.41) is 2.64. The molecule has 32 heavy (non-hydrogen) atoms. The molecule has 1 amide bonds. The smallest absolute Gasteiger partial charge is 0.387 e. The number of hydrogen-bond acceptors (Lipinski definition) is 5. The first-order chi connectivity index (χ1) is 15.2. The summed E-state index contributed by atoms with van der Waals surface area (Å²) in [6.45, 7) is 1.48. The zero-order valence-corrected chi connectivity index (χ0v) is 18.7. The van der Waals surface area contributed by atoms with Gasteiger partial charge >= 0.3 is 6.61 Å². The minimum Gasteiger partial charge on any atom is -0.489 e. The summed E-state index contributed by atoms with van der Waals surface area (Å²) in [5.74, 6) is -0.482. The molecular weight excluding hydrogens is 442 g/mol. The summed E-state index contributed by atoms with van der Waals surface area (Å²) in [6, 6.07) is 9.65. The van der Waals surface area contributed by atoms with Crippen LogP contribution in [0.15, 0.2) is 47.4 Å². The molecule has 1 N–H and O–H groups in total. The van der Waals surface area contributed by atoms with E-state index in [2.05, 4.69) is 10.1 Å². The molecule has 2 aromatic rings. The number of sulfonamides is 1. The third kappa shape index (κ3) is 5.95. The molecule has 0 aromatic heterocycles. The summed E-state index contributed by atoms with van der Waals surface area (Å²) < 4.78 is 62.6. The zero-order chi connectivity index (χ0) is 23.3. The van der Waals surface area contributed by atoms with Gasteiger partial charge in [-0.05, 0) is 63.1 Å². The Bertz CT molecular complexity index is 1050. The highest BCUT2D eigenvalue weighted by Crippen LogP contribution is 2.31. The molecule has 174 valence electrons. The van der Waals surface area contributed by atoms with Crippen molar-refractivity contribution in [2.45, 2.75) is 50.7 Å². The number of benzene rings is 2. The highest BCUT2D eigenvalue weighted by atomic mass is 32.2. The van der Waals surface area contributed by atoms with Crippen LogP contribution in [-0.4, -0.2) is 44.4 Å². The number of hydrogen-bond donors (Lipinski definition) is 1. The van der Waals surface area contributed by atoms with Crippen LogP contribution < -0.4 is 14.8 Å². The van der Waals surface area contributed by atoms with E-state index in [9.17, 15) is 22.0 Å². The molecule has 0 aliphatic carbocycles. The molecule has 1 aliphatic heterocycles. The Morgan fingerprint density at radius 1 is 1.03 bits per heavy atom. The fraction of sp³-hybridized carbons (Fsp3) is 0.409. The fourth-order valence-electron chi connectivity index (χ4n) is 3.39. The number of nitrogens with zero attached hydrogens (tertiary/aromatic N) is 1. The summed E-state index contributed by atoms with van der Waals surface area (Å²) in [6.07, 6.45) is 2.36. The highest BCUT2D eigenvalue weighted by molar-refractivity contribution is 7.89. The number of alkyl halides is 2. The quantitative estimate of drug-likeness (QED) is 0.617. The van der Waals surface area contributed by atoms with Crippen molar-refractivity contribution in [1.82, 2.24) is 4.31 Å². The van der Waals surface area contributed by atoms with Crippen LogP contribution in [0.25, 0.3) is 0 Å². The molecule has 10 heteroatoms. The van der Waals surface area contributed by atoms with Crippen molar-refractivity contribution >= 4 is 21.6 Å². The standard InChI is InChI=1S/C22H26F2N2O5S/c1-15(2)30-20-10-9-18(32(28,29)26-11-4-3-5-12-26)14-19(20)25-21(27)16-7-6-8-17(13-16)31-22(23)24/h6-10,13-15,22H,3-5,11-12H2,1-2H3,(H,25,27). The molecular formula is C22H26F2N2O5S. The van der Waals surface area contributed by atoms with E-state index in [1.807, 2.05) is 0 Å². The van der Waals surface area contributed by atoms with E-state index in [0.29, 0.717) is 18.8 Å². The van der Waals surface area contributed by atoms with Crippen LogP contribution in [0.3, 0.4) is 0 Å². The average Bonchev–Trinajstić information content (AvgIpc) is 2.75. The number of halogens is 2. The Morgan fingerprint density at radius 2 is 1.75 bits per heavy atom. The van der Waals surface area contributed by atoms with Crippen LogP contribution >= 0.6 is 0 Å². The Morgan fingerprint density at radius 3 is 2.41 bits per heavy atom. The number of piperidine rings is 1. The van der Waals surface area contributed by atoms with E-state index in [4.69, 9.17) is 4.74 Å². The maximum absolute atomic E-state index is 13.1. The van der Waals surface area contributed by atoms with E-state index < -0.39 is 22.5 Å². The summed E-state index contributed by atoms with van der Waals surface area (Å²) in [5.41, 5.74) is 0.241. The minimum atomic E-state index is -3.73. The first-order valence-corrected chi connectivity index (χ1v) is 11.8. The van der Waals surface area contributed by atoms with Crippen LogP contribution in [0.5, 0.6) is 11.5 Å². The summed E-state index contributed by atoms with van der Waals surface area (Å²) >= 11 is 0. The molecule has 0 spiro atoms. The van der Waals surface area contributed by atoms with E-state index >= 15 is 0 Å². The second kappa shape index (κ2) is 10.3. The molecule has 0 saturated carbocycles. The number of nitrogens with one attached hydrogen (secondary N) is 1. The third-order valence-electron chi connectivity index (χ3n) is 4.84. The molecule has 7 nitrogen and oxygen atoms in total. The molecule has 3 rings (SSSR count). The van der Waals surface area contributed by atoms with Gasteiger partial charge in [0, 0.05) is 18.7 Å². The Kier molecular flexibility index (Phi) is 7.68. The lowest BCUT2D eigenvalue weighted by molar-refractivity contribution is -0.0498. The molecule has 1 heterocycles. The molecule has 0 atom stereocenters. The van der Waals surface area contributed by atoms with Crippen molar-refractivity contribution in [3.8, 4) is 11.5 Å². The first kappa shape index (κ1) is 23.9. The lowest BCUT2D eigenvalue weighted by Gasteiger charge is -2.26.